The zero-order valence-electron chi connectivity index (χ0n) is 30.4. The summed E-state index contributed by atoms with van der Waals surface area (Å²) in [5.41, 5.74) is -1.87. The average molecular weight is 755 g/mol. The third-order valence-electron chi connectivity index (χ3n) is 7.67. The van der Waals surface area contributed by atoms with Crippen molar-refractivity contribution in [2.45, 2.75) is 109 Å². The van der Waals surface area contributed by atoms with Crippen LogP contribution in [-0.2, 0) is 78.1 Å². The SMILES string of the molecule is COC(=O)[C@@]1(C(C[C@@H](CO)NC(=O)OCc2ccccc2)OC(C)=O)C[C@H](OC(C)=O)[C@@H](NC(C)=O)[C@H]([C@H](OC(C)=O)[C@@H](COC(C)=O)OC(C)=O)O1. The van der Waals surface area contributed by atoms with Gasteiger partial charge in [0.05, 0.1) is 25.8 Å². The maximum atomic E-state index is 14.0. The van der Waals surface area contributed by atoms with Crippen molar-refractivity contribution in [2.24, 2.45) is 0 Å². The molecule has 1 aliphatic rings. The van der Waals surface area contributed by atoms with Crippen LogP contribution >= 0.6 is 0 Å². The topological polar surface area (TPSA) is 255 Å². The van der Waals surface area contributed by atoms with Gasteiger partial charge in [0, 0.05) is 54.4 Å². The van der Waals surface area contributed by atoms with Crippen LogP contribution in [0.1, 0.15) is 59.9 Å². The molecule has 19 heteroatoms. The number of ether oxygens (including phenoxy) is 8. The van der Waals surface area contributed by atoms with Gasteiger partial charge in [0.2, 0.25) is 11.5 Å². The summed E-state index contributed by atoms with van der Waals surface area (Å²) in [6, 6.07) is 5.89. The third-order valence-corrected chi connectivity index (χ3v) is 7.67. The normalized spacial score (nSPS) is 21.5. The monoisotopic (exact) mass is 754 g/mol. The number of aliphatic hydroxyl groups is 1. The molecule has 0 aliphatic carbocycles. The first kappa shape index (κ1) is 43.9. The number of methoxy groups -OCH3 is 1. The predicted molar refractivity (Wildman–Crippen MR) is 176 cm³/mol. The number of carbonyl (C=O) groups is 8. The standard InChI is InChI=1S/C34H46N2O17/c1-18(38)35-29-26(49-20(3)40)14-34(32(44)46-7,53-31(29)30(52-23(6)43)27(50-21(4)41)17-47-19(2)39)28(51-22(5)42)13-25(15-37)36-33(45)48-16-24-11-9-8-10-12-24/h8-12,25-31,37H,13-17H2,1-7H3,(H,35,38)(H,36,45)/t25-,26-,27+,28?,29+,30+,31+,34-/m0/s1. The van der Waals surface area contributed by atoms with E-state index in [1.165, 1.54) is 0 Å². The lowest BCUT2D eigenvalue weighted by molar-refractivity contribution is -0.263. The van der Waals surface area contributed by atoms with Crippen LogP contribution in [0.15, 0.2) is 30.3 Å². The van der Waals surface area contributed by atoms with Crippen molar-refractivity contribution in [1.82, 2.24) is 10.6 Å². The van der Waals surface area contributed by atoms with E-state index in [1.807, 2.05) is 0 Å². The third kappa shape index (κ3) is 13.6. The molecule has 1 unspecified atom stereocenters. The van der Waals surface area contributed by atoms with Gasteiger partial charge >= 0.3 is 41.9 Å². The van der Waals surface area contributed by atoms with Crippen LogP contribution in [0.5, 0.6) is 0 Å². The Morgan fingerprint density at radius 2 is 1.47 bits per heavy atom. The van der Waals surface area contributed by atoms with Crippen LogP contribution in [0.2, 0.25) is 0 Å². The molecule has 19 nitrogen and oxygen atoms in total. The van der Waals surface area contributed by atoms with Crippen molar-refractivity contribution >= 4 is 47.8 Å². The molecule has 0 saturated carbocycles. The molecule has 2 rings (SSSR count). The summed E-state index contributed by atoms with van der Waals surface area (Å²) in [6.07, 6.45) is -10.9. The van der Waals surface area contributed by atoms with Crippen molar-refractivity contribution in [1.29, 1.82) is 0 Å². The predicted octanol–water partition coefficient (Wildman–Crippen LogP) is 0.159. The van der Waals surface area contributed by atoms with Gasteiger partial charge in [-0.1, -0.05) is 30.3 Å². The highest BCUT2D eigenvalue weighted by Crippen LogP contribution is 2.40. The number of amides is 2. The van der Waals surface area contributed by atoms with E-state index in [2.05, 4.69) is 10.6 Å². The number of nitrogens with one attached hydrogen (secondary N) is 2. The second-order valence-corrected chi connectivity index (χ2v) is 12.0. The molecule has 1 fully saturated rings. The molecule has 53 heavy (non-hydrogen) atoms. The Morgan fingerprint density at radius 1 is 0.849 bits per heavy atom. The number of rotatable bonds is 17. The van der Waals surface area contributed by atoms with Crippen molar-refractivity contribution in [3.05, 3.63) is 35.9 Å². The minimum absolute atomic E-state index is 0.141. The Bertz CT molecular complexity index is 1470. The van der Waals surface area contributed by atoms with Crippen LogP contribution in [0.3, 0.4) is 0 Å². The number of benzene rings is 1. The molecular weight excluding hydrogens is 708 g/mol. The minimum Gasteiger partial charge on any atom is -0.467 e. The average Bonchev–Trinajstić information content (AvgIpc) is 3.07. The van der Waals surface area contributed by atoms with Crippen molar-refractivity contribution < 1.29 is 81.4 Å². The van der Waals surface area contributed by atoms with Gasteiger partial charge in [-0.3, -0.25) is 28.8 Å². The van der Waals surface area contributed by atoms with Crippen molar-refractivity contribution in [3.8, 4) is 0 Å². The summed E-state index contributed by atoms with van der Waals surface area (Å²) in [5.74, 6) is -6.59. The van der Waals surface area contributed by atoms with Crippen LogP contribution < -0.4 is 10.6 Å². The van der Waals surface area contributed by atoms with E-state index in [9.17, 15) is 43.5 Å². The van der Waals surface area contributed by atoms with Gasteiger partial charge in [-0.2, -0.15) is 0 Å². The molecule has 3 N–H and O–H groups in total. The summed E-state index contributed by atoms with van der Waals surface area (Å²) in [7, 11) is 0.961. The lowest BCUT2D eigenvalue weighted by Gasteiger charge is -2.51. The number of carbonyl (C=O) groups excluding carboxylic acids is 8. The summed E-state index contributed by atoms with van der Waals surface area (Å²) in [6.45, 7) is 4.50. The van der Waals surface area contributed by atoms with Crippen LogP contribution in [0.4, 0.5) is 4.79 Å². The Balaban J connectivity index is 2.77. The highest BCUT2D eigenvalue weighted by Gasteiger charge is 2.62. The number of hydrogen-bond donors (Lipinski definition) is 3. The van der Waals surface area contributed by atoms with E-state index in [4.69, 9.17) is 37.9 Å². The summed E-state index contributed by atoms with van der Waals surface area (Å²) < 4.78 is 43.9. The fraction of sp³-hybridized carbons (Fsp3) is 0.588. The molecule has 1 heterocycles. The van der Waals surface area contributed by atoms with Gasteiger partial charge in [0.25, 0.3) is 0 Å². The quantitative estimate of drug-likeness (QED) is 0.141. The maximum Gasteiger partial charge on any atom is 0.407 e. The molecule has 1 aromatic rings. The van der Waals surface area contributed by atoms with Gasteiger partial charge < -0.3 is 53.6 Å². The Kier molecular flexibility index (Phi) is 17.1. The molecule has 2 amide bonds. The van der Waals surface area contributed by atoms with Gasteiger partial charge in [-0.05, 0) is 5.56 Å². The minimum atomic E-state index is -2.52. The van der Waals surface area contributed by atoms with E-state index in [1.54, 1.807) is 30.3 Å². The van der Waals surface area contributed by atoms with Gasteiger partial charge in [-0.15, -0.1) is 0 Å². The first-order valence-corrected chi connectivity index (χ1v) is 16.4. The first-order valence-electron chi connectivity index (χ1n) is 16.4. The van der Waals surface area contributed by atoms with E-state index in [-0.39, 0.29) is 6.61 Å². The summed E-state index contributed by atoms with van der Waals surface area (Å²) in [5, 5.41) is 15.3. The van der Waals surface area contributed by atoms with E-state index < -0.39 is 122 Å². The van der Waals surface area contributed by atoms with Gasteiger partial charge in [0.15, 0.2) is 12.2 Å². The van der Waals surface area contributed by atoms with Crippen LogP contribution in [-0.4, -0.2) is 121 Å². The number of esters is 6. The second-order valence-electron chi connectivity index (χ2n) is 12.0. The zero-order chi connectivity index (χ0) is 39.9. The summed E-state index contributed by atoms with van der Waals surface area (Å²) >= 11 is 0. The zero-order valence-corrected chi connectivity index (χ0v) is 30.4. The second kappa shape index (κ2) is 20.7. The molecule has 0 bridgehead atoms. The number of aliphatic hydroxyl groups excluding tert-OH is 1. The first-order chi connectivity index (χ1) is 24.9. The van der Waals surface area contributed by atoms with Gasteiger partial charge in [0.1, 0.15) is 31.5 Å². The molecular formula is C34H46N2O17. The van der Waals surface area contributed by atoms with Crippen molar-refractivity contribution in [3.63, 3.8) is 0 Å². The fourth-order valence-electron chi connectivity index (χ4n) is 5.71. The Labute approximate surface area is 305 Å². The molecule has 1 aromatic carbocycles. The van der Waals surface area contributed by atoms with Crippen molar-refractivity contribution in [2.75, 3.05) is 20.3 Å². The van der Waals surface area contributed by atoms with E-state index in [0.29, 0.717) is 5.56 Å². The number of hydrogen-bond acceptors (Lipinski definition) is 17. The smallest absolute Gasteiger partial charge is 0.407 e. The molecule has 294 valence electrons. The summed E-state index contributed by atoms with van der Waals surface area (Å²) in [4.78, 5) is 101. The maximum absolute atomic E-state index is 14.0. The van der Waals surface area contributed by atoms with E-state index in [0.717, 1.165) is 48.7 Å². The molecule has 0 radical (unpaired) electrons. The molecule has 8 atom stereocenters. The van der Waals surface area contributed by atoms with Gasteiger partial charge in [-0.25, -0.2) is 9.59 Å². The van der Waals surface area contributed by atoms with E-state index >= 15 is 0 Å². The molecule has 1 aliphatic heterocycles. The Morgan fingerprint density at radius 3 is 1.98 bits per heavy atom. The Hall–Kier alpha value is -5.30. The molecule has 0 aromatic heterocycles. The lowest BCUT2D eigenvalue weighted by atomic mass is 9.78. The highest BCUT2D eigenvalue weighted by atomic mass is 16.7. The molecule has 1 saturated heterocycles. The van der Waals surface area contributed by atoms with Crippen LogP contribution in [0.25, 0.3) is 0 Å². The largest absolute Gasteiger partial charge is 0.467 e. The fourth-order valence-corrected chi connectivity index (χ4v) is 5.71. The highest BCUT2D eigenvalue weighted by molar-refractivity contribution is 5.82. The molecule has 0 spiro atoms. The van der Waals surface area contributed by atoms with Crippen LogP contribution in [0, 0.1) is 0 Å². The lowest BCUT2D eigenvalue weighted by Crippen LogP contribution is -2.71. The number of alkyl carbamates (subject to hydrolysis) is 1.